The van der Waals surface area contributed by atoms with E-state index in [0.29, 0.717) is 11.9 Å². The van der Waals surface area contributed by atoms with E-state index in [2.05, 4.69) is 4.72 Å². The Labute approximate surface area is 54.4 Å². The van der Waals surface area contributed by atoms with E-state index in [-0.39, 0.29) is 6.54 Å². The van der Waals surface area contributed by atoms with E-state index in [0.717, 1.165) is 6.08 Å². The first-order valence-electron chi connectivity index (χ1n) is 2.22. The maximum Gasteiger partial charge on any atom is 0.423 e. The molecule has 5 heteroatoms. The fraction of sp³-hybridized carbons (Fsp3) is 0.500. The van der Waals surface area contributed by atoms with Crippen molar-refractivity contribution in [2.45, 2.75) is 6.18 Å². The minimum absolute atomic E-state index is 0.180. The highest BCUT2D eigenvalue weighted by atomic mass is 32.2. The van der Waals surface area contributed by atoms with Gasteiger partial charge in [0.05, 0.1) is 0 Å². The highest BCUT2D eigenvalue weighted by Gasteiger charge is 2.35. The van der Waals surface area contributed by atoms with Gasteiger partial charge in [-0.15, -0.1) is 0 Å². The summed E-state index contributed by atoms with van der Waals surface area (Å²) in [7, 11) is 0. The van der Waals surface area contributed by atoms with Crippen LogP contribution in [0.15, 0.2) is 11.0 Å². The first-order chi connectivity index (χ1) is 4.11. The summed E-state index contributed by atoms with van der Waals surface area (Å²) in [6, 6.07) is 0. The summed E-state index contributed by atoms with van der Waals surface area (Å²) in [5, 5.41) is 0. The van der Waals surface area contributed by atoms with Crippen LogP contribution in [0.4, 0.5) is 13.2 Å². The molecule has 0 spiro atoms. The van der Waals surface area contributed by atoms with Crippen molar-refractivity contribution in [2.75, 3.05) is 6.54 Å². The number of hydrogen-bond donors (Lipinski definition) is 0. The lowest BCUT2D eigenvalue weighted by Crippen LogP contribution is -2.07. The van der Waals surface area contributed by atoms with Gasteiger partial charge in [0.1, 0.15) is 4.91 Å². The van der Waals surface area contributed by atoms with E-state index in [9.17, 15) is 13.2 Å². The Morgan fingerprint density at radius 2 is 2.22 bits per heavy atom. The highest BCUT2D eigenvalue weighted by Crippen LogP contribution is 2.35. The Balaban J connectivity index is 2.61. The van der Waals surface area contributed by atoms with Crippen LogP contribution in [-0.4, -0.2) is 12.7 Å². The molecule has 1 aliphatic heterocycles. The maximum atomic E-state index is 11.6. The second-order valence-corrected chi connectivity index (χ2v) is 2.35. The van der Waals surface area contributed by atoms with E-state index in [1.54, 1.807) is 0 Å². The molecule has 0 aromatic rings. The molecule has 1 nitrogen and oxygen atoms in total. The number of nitrogens with zero attached hydrogens (tertiary/aromatic N) is 1. The van der Waals surface area contributed by atoms with Gasteiger partial charge in [0.25, 0.3) is 0 Å². The normalized spacial score (nSPS) is 20.1. The molecule has 51 valence electrons. The van der Waals surface area contributed by atoms with Gasteiger partial charge in [0, 0.05) is 6.54 Å². The zero-order valence-corrected chi connectivity index (χ0v) is 5.09. The molecule has 0 fully saturated rings. The molecule has 1 aliphatic rings. The Bertz CT molecular complexity index is 139. The lowest BCUT2D eigenvalue weighted by Gasteiger charge is -2.02. The Morgan fingerprint density at radius 1 is 1.56 bits per heavy atom. The topological polar surface area (TPSA) is 14.1 Å². The molecule has 0 amide bonds. The molecule has 0 saturated heterocycles. The molecule has 0 aromatic carbocycles. The van der Waals surface area contributed by atoms with Crippen LogP contribution < -0.4 is 4.72 Å². The van der Waals surface area contributed by atoms with Crippen molar-refractivity contribution in [3.63, 3.8) is 0 Å². The van der Waals surface area contributed by atoms with Gasteiger partial charge in [0.15, 0.2) is 0 Å². The van der Waals surface area contributed by atoms with E-state index in [4.69, 9.17) is 0 Å². The van der Waals surface area contributed by atoms with Crippen LogP contribution in [0.25, 0.3) is 0 Å². The van der Waals surface area contributed by atoms with Gasteiger partial charge >= 0.3 is 6.18 Å². The Kier molecular flexibility index (Phi) is 1.72. The molecule has 1 rings (SSSR count). The summed E-state index contributed by atoms with van der Waals surface area (Å²) in [5.74, 6) is 0. The lowest BCUT2D eigenvalue weighted by molar-refractivity contribution is -0.0835. The van der Waals surface area contributed by atoms with Gasteiger partial charge in [-0.25, -0.2) is 0 Å². The van der Waals surface area contributed by atoms with Crippen LogP contribution >= 0.6 is 11.9 Å². The fourth-order valence-corrected chi connectivity index (χ4v) is 0.972. The molecule has 0 aromatic heterocycles. The van der Waals surface area contributed by atoms with E-state index >= 15 is 0 Å². The van der Waals surface area contributed by atoms with Crippen LogP contribution in [0.2, 0.25) is 0 Å². The quantitative estimate of drug-likeness (QED) is 0.484. The first kappa shape index (κ1) is 6.95. The standard InChI is InChI=1S/C4H3F3NS/c5-4(6,7)3-1-2-8-9-3/h1H,2H2. The van der Waals surface area contributed by atoms with Gasteiger partial charge in [-0.3, -0.25) is 0 Å². The molecule has 1 radical (unpaired) electrons. The van der Waals surface area contributed by atoms with Crippen molar-refractivity contribution in [3.05, 3.63) is 11.0 Å². The van der Waals surface area contributed by atoms with Gasteiger partial charge in [-0.05, 0) is 18.0 Å². The molecule has 0 bridgehead atoms. The molecule has 9 heavy (non-hydrogen) atoms. The van der Waals surface area contributed by atoms with Crippen molar-refractivity contribution >= 4 is 11.9 Å². The third-order valence-electron chi connectivity index (χ3n) is 0.794. The van der Waals surface area contributed by atoms with Gasteiger partial charge in [-0.2, -0.15) is 17.9 Å². The van der Waals surface area contributed by atoms with Gasteiger partial charge in [-0.1, -0.05) is 0 Å². The maximum absolute atomic E-state index is 11.6. The summed E-state index contributed by atoms with van der Waals surface area (Å²) in [5.41, 5.74) is 0. The predicted molar refractivity (Wildman–Crippen MR) is 28.7 cm³/mol. The molecule has 0 unspecified atom stereocenters. The zero-order valence-electron chi connectivity index (χ0n) is 4.27. The summed E-state index contributed by atoms with van der Waals surface area (Å²) >= 11 is 0.510. The number of halogens is 3. The van der Waals surface area contributed by atoms with Crippen molar-refractivity contribution in [1.29, 1.82) is 0 Å². The van der Waals surface area contributed by atoms with Crippen LogP contribution in [0, 0.1) is 0 Å². The molecule has 0 atom stereocenters. The summed E-state index contributed by atoms with van der Waals surface area (Å²) in [6.07, 6.45) is -3.12. The average molecular weight is 154 g/mol. The van der Waals surface area contributed by atoms with Gasteiger partial charge < -0.3 is 0 Å². The molecular formula is C4H3F3NS. The molecular weight excluding hydrogens is 151 g/mol. The number of allylic oxidation sites excluding steroid dienone is 1. The Morgan fingerprint density at radius 3 is 2.44 bits per heavy atom. The predicted octanol–water partition coefficient (Wildman–Crippen LogP) is 1.70. The second kappa shape index (κ2) is 2.22. The van der Waals surface area contributed by atoms with Crippen molar-refractivity contribution in [1.82, 2.24) is 4.72 Å². The minimum atomic E-state index is -4.19. The molecule has 1 heterocycles. The van der Waals surface area contributed by atoms with Gasteiger partial charge in [0.2, 0.25) is 0 Å². The number of rotatable bonds is 0. The Hall–Kier alpha value is -0.160. The van der Waals surface area contributed by atoms with Crippen LogP contribution in [0.1, 0.15) is 0 Å². The van der Waals surface area contributed by atoms with Crippen molar-refractivity contribution < 1.29 is 13.2 Å². The van der Waals surface area contributed by atoms with E-state index < -0.39 is 11.1 Å². The SMILES string of the molecule is FC(F)(F)C1=CC[N]S1. The van der Waals surface area contributed by atoms with Crippen LogP contribution in [0.3, 0.4) is 0 Å². The monoisotopic (exact) mass is 154 g/mol. The summed E-state index contributed by atoms with van der Waals surface area (Å²) in [4.78, 5) is -0.595. The number of alkyl halides is 3. The lowest BCUT2D eigenvalue weighted by atomic mass is 10.5. The van der Waals surface area contributed by atoms with Crippen molar-refractivity contribution in [3.8, 4) is 0 Å². The van der Waals surface area contributed by atoms with E-state index in [1.165, 1.54) is 0 Å². The largest absolute Gasteiger partial charge is 0.423 e. The third-order valence-corrected chi connectivity index (χ3v) is 1.67. The smallest absolute Gasteiger partial charge is 0.166 e. The zero-order chi connectivity index (χ0) is 6.91. The third kappa shape index (κ3) is 1.62. The second-order valence-electron chi connectivity index (χ2n) is 1.47. The minimum Gasteiger partial charge on any atom is -0.166 e. The molecule has 0 saturated carbocycles. The molecule has 0 aliphatic carbocycles. The first-order valence-corrected chi connectivity index (χ1v) is 2.99. The summed E-state index contributed by atoms with van der Waals surface area (Å²) in [6.45, 7) is 0.180. The van der Waals surface area contributed by atoms with E-state index in [1.807, 2.05) is 0 Å². The molecule has 0 N–H and O–H groups in total. The van der Waals surface area contributed by atoms with Crippen LogP contribution in [-0.2, 0) is 0 Å². The highest BCUT2D eigenvalue weighted by molar-refractivity contribution is 8.01. The number of hydrogen-bond acceptors (Lipinski definition) is 1. The average Bonchev–Trinajstić information content (AvgIpc) is 2.08. The summed E-state index contributed by atoms with van der Waals surface area (Å²) < 4.78 is 38.3. The van der Waals surface area contributed by atoms with Crippen LogP contribution in [0.5, 0.6) is 0 Å². The fourth-order valence-electron chi connectivity index (χ4n) is 0.432. The van der Waals surface area contributed by atoms with Crippen molar-refractivity contribution in [2.24, 2.45) is 0 Å².